The molecular weight excluding hydrogens is 426 g/mol. The number of fused-ring (bicyclic) bond motifs is 1. The van der Waals surface area contributed by atoms with Crippen LogP contribution in [-0.2, 0) is 9.53 Å². The van der Waals surface area contributed by atoms with Crippen LogP contribution in [0.25, 0.3) is 0 Å². The van der Waals surface area contributed by atoms with Crippen molar-refractivity contribution in [2.45, 2.75) is 76.2 Å². The van der Waals surface area contributed by atoms with Crippen molar-refractivity contribution in [1.82, 2.24) is 9.80 Å². The molecule has 2 aliphatic rings. The number of rotatable bonds is 4. The van der Waals surface area contributed by atoms with Gasteiger partial charge in [-0.05, 0) is 78.5 Å². The third-order valence-electron chi connectivity index (χ3n) is 5.67. The van der Waals surface area contributed by atoms with E-state index in [1.807, 2.05) is 58.6 Å². The van der Waals surface area contributed by atoms with Crippen LogP contribution in [0.2, 0.25) is 0 Å². The van der Waals surface area contributed by atoms with Gasteiger partial charge in [-0.2, -0.15) is 0 Å². The standard InChI is InChI=1S/C24H35N3O4S/c1-15(2)27(23(30)31-24(4,5)6)14-17-8-7-11-26(13-17)22(29)18-9-10-20-19(12-18)25-21(28)16(3)32-20/h9-10,12,15-17H,7-8,11,13-14H2,1-6H3,(H,25,28)/t16-,17+/m1/s1. The van der Waals surface area contributed by atoms with Crippen LogP contribution in [0, 0.1) is 5.92 Å². The predicted molar refractivity (Wildman–Crippen MR) is 127 cm³/mol. The van der Waals surface area contributed by atoms with Crippen molar-refractivity contribution in [3.63, 3.8) is 0 Å². The van der Waals surface area contributed by atoms with Crippen LogP contribution in [-0.4, -0.2) is 64.2 Å². The van der Waals surface area contributed by atoms with E-state index in [4.69, 9.17) is 4.74 Å². The molecule has 0 unspecified atom stereocenters. The Morgan fingerprint density at radius 2 is 2.03 bits per heavy atom. The first-order valence-corrected chi connectivity index (χ1v) is 12.2. The fourth-order valence-electron chi connectivity index (χ4n) is 4.02. The minimum absolute atomic E-state index is 0.0140. The van der Waals surface area contributed by atoms with Gasteiger partial charge in [0.25, 0.3) is 5.91 Å². The number of nitrogens with one attached hydrogen (secondary N) is 1. The Balaban J connectivity index is 1.67. The number of carbonyl (C=O) groups excluding carboxylic acids is 3. The van der Waals surface area contributed by atoms with Crippen LogP contribution in [0.4, 0.5) is 10.5 Å². The van der Waals surface area contributed by atoms with Gasteiger partial charge in [0.2, 0.25) is 5.91 Å². The smallest absolute Gasteiger partial charge is 0.410 e. The largest absolute Gasteiger partial charge is 0.444 e. The summed E-state index contributed by atoms with van der Waals surface area (Å²) >= 11 is 1.51. The van der Waals surface area contributed by atoms with Crippen molar-refractivity contribution in [3.05, 3.63) is 23.8 Å². The number of hydrogen-bond donors (Lipinski definition) is 1. The number of nitrogens with zero attached hydrogens (tertiary/aromatic N) is 2. The summed E-state index contributed by atoms with van der Waals surface area (Å²) in [7, 11) is 0. The summed E-state index contributed by atoms with van der Waals surface area (Å²) in [5.41, 5.74) is 0.734. The number of hydrogen-bond acceptors (Lipinski definition) is 5. The average molecular weight is 462 g/mol. The summed E-state index contributed by atoms with van der Waals surface area (Å²) in [6.45, 7) is 13.3. The lowest BCUT2D eigenvalue weighted by Gasteiger charge is -2.37. The SMILES string of the molecule is CC(C)N(C[C@H]1CCCN(C(=O)c2ccc3c(c2)NC(=O)[C@@H](C)S3)C1)C(=O)OC(C)(C)C. The van der Waals surface area contributed by atoms with Crippen molar-refractivity contribution >= 4 is 35.4 Å². The third-order valence-corrected chi connectivity index (χ3v) is 6.85. The molecule has 1 aromatic carbocycles. The van der Waals surface area contributed by atoms with Crippen molar-refractivity contribution in [2.75, 3.05) is 25.0 Å². The molecule has 1 aromatic rings. The number of thioether (sulfide) groups is 1. The molecule has 0 radical (unpaired) electrons. The van der Waals surface area contributed by atoms with Gasteiger partial charge in [-0.15, -0.1) is 11.8 Å². The third kappa shape index (κ3) is 5.97. The second-order valence-electron chi connectivity index (χ2n) is 9.95. The van der Waals surface area contributed by atoms with Gasteiger partial charge in [0, 0.05) is 36.1 Å². The van der Waals surface area contributed by atoms with E-state index in [0.29, 0.717) is 30.9 Å². The van der Waals surface area contributed by atoms with Gasteiger partial charge in [-0.25, -0.2) is 4.79 Å². The average Bonchev–Trinajstić information content (AvgIpc) is 2.70. The van der Waals surface area contributed by atoms with E-state index >= 15 is 0 Å². The molecular formula is C24H35N3O4S. The van der Waals surface area contributed by atoms with Crippen molar-refractivity contribution in [1.29, 1.82) is 0 Å². The zero-order chi connectivity index (χ0) is 23.6. The number of anilines is 1. The normalized spacial score (nSPS) is 21.1. The van der Waals surface area contributed by atoms with Crippen molar-refractivity contribution < 1.29 is 19.1 Å². The van der Waals surface area contributed by atoms with Gasteiger partial charge < -0.3 is 19.9 Å². The number of amides is 3. The highest BCUT2D eigenvalue weighted by Crippen LogP contribution is 2.36. The van der Waals surface area contributed by atoms with Gasteiger partial charge in [-0.3, -0.25) is 9.59 Å². The molecule has 1 saturated heterocycles. The van der Waals surface area contributed by atoms with Crippen LogP contribution in [0.15, 0.2) is 23.1 Å². The maximum absolute atomic E-state index is 13.2. The van der Waals surface area contributed by atoms with E-state index < -0.39 is 5.60 Å². The lowest BCUT2D eigenvalue weighted by Crippen LogP contribution is -2.48. The van der Waals surface area contributed by atoms with Gasteiger partial charge in [0.1, 0.15) is 5.60 Å². The van der Waals surface area contributed by atoms with Crippen LogP contribution >= 0.6 is 11.8 Å². The van der Waals surface area contributed by atoms with Gasteiger partial charge in [0.05, 0.1) is 10.9 Å². The Morgan fingerprint density at radius 3 is 2.69 bits per heavy atom. The Bertz CT molecular complexity index is 880. The fourth-order valence-corrected chi connectivity index (χ4v) is 4.95. The number of likely N-dealkylation sites (tertiary alicyclic amines) is 1. The second kappa shape index (κ2) is 9.73. The Labute approximate surface area is 195 Å². The summed E-state index contributed by atoms with van der Waals surface area (Å²) < 4.78 is 5.59. The highest BCUT2D eigenvalue weighted by atomic mass is 32.2. The Morgan fingerprint density at radius 1 is 1.31 bits per heavy atom. The van der Waals surface area contributed by atoms with Crippen LogP contribution < -0.4 is 5.32 Å². The molecule has 8 heteroatoms. The second-order valence-corrected chi connectivity index (χ2v) is 11.3. The number of carbonyl (C=O) groups is 3. The minimum Gasteiger partial charge on any atom is -0.444 e. The summed E-state index contributed by atoms with van der Waals surface area (Å²) in [6.07, 6.45) is 1.55. The first-order valence-electron chi connectivity index (χ1n) is 11.3. The van der Waals surface area contributed by atoms with Gasteiger partial charge >= 0.3 is 6.09 Å². The number of benzene rings is 1. The number of ether oxygens (including phenoxy) is 1. The van der Waals surface area contributed by atoms with Crippen LogP contribution in [0.1, 0.15) is 64.7 Å². The molecule has 32 heavy (non-hydrogen) atoms. The highest BCUT2D eigenvalue weighted by molar-refractivity contribution is 8.00. The lowest BCUT2D eigenvalue weighted by molar-refractivity contribution is -0.115. The van der Waals surface area contributed by atoms with E-state index in [1.54, 1.807) is 11.0 Å². The van der Waals surface area contributed by atoms with Crippen LogP contribution in [0.3, 0.4) is 0 Å². The predicted octanol–water partition coefficient (Wildman–Crippen LogP) is 4.62. The number of piperidine rings is 1. The summed E-state index contributed by atoms with van der Waals surface area (Å²) in [6, 6.07) is 5.54. The van der Waals surface area contributed by atoms with E-state index in [2.05, 4.69) is 5.32 Å². The maximum atomic E-state index is 13.2. The quantitative estimate of drug-likeness (QED) is 0.708. The summed E-state index contributed by atoms with van der Waals surface area (Å²) in [4.78, 5) is 42.5. The first-order chi connectivity index (χ1) is 14.9. The molecule has 7 nitrogen and oxygen atoms in total. The van der Waals surface area contributed by atoms with Gasteiger partial charge in [0.15, 0.2) is 0 Å². The molecule has 1 N–H and O–H groups in total. The molecule has 0 saturated carbocycles. The highest BCUT2D eigenvalue weighted by Gasteiger charge is 2.31. The molecule has 0 spiro atoms. The molecule has 2 atom stereocenters. The Hall–Kier alpha value is -2.22. The minimum atomic E-state index is -0.545. The van der Waals surface area contributed by atoms with Crippen LogP contribution in [0.5, 0.6) is 0 Å². The van der Waals surface area contributed by atoms with Crippen molar-refractivity contribution in [3.8, 4) is 0 Å². The molecule has 3 rings (SSSR count). The zero-order valence-electron chi connectivity index (χ0n) is 19.9. The van der Waals surface area contributed by atoms with Gasteiger partial charge in [-0.1, -0.05) is 0 Å². The molecule has 1 fully saturated rings. The molecule has 0 aliphatic carbocycles. The topological polar surface area (TPSA) is 79.0 Å². The molecule has 2 aliphatic heterocycles. The maximum Gasteiger partial charge on any atom is 0.410 e. The van der Waals surface area contributed by atoms with E-state index in [1.165, 1.54) is 11.8 Å². The fraction of sp³-hybridized carbons (Fsp3) is 0.625. The van der Waals surface area contributed by atoms with E-state index in [0.717, 1.165) is 17.7 Å². The molecule has 0 aromatic heterocycles. The lowest BCUT2D eigenvalue weighted by atomic mass is 9.96. The van der Waals surface area contributed by atoms with E-state index in [-0.39, 0.29) is 35.1 Å². The van der Waals surface area contributed by atoms with E-state index in [9.17, 15) is 14.4 Å². The summed E-state index contributed by atoms with van der Waals surface area (Å²) in [5, 5.41) is 2.76. The van der Waals surface area contributed by atoms with Crippen molar-refractivity contribution in [2.24, 2.45) is 5.92 Å². The molecule has 2 heterocycles. The Kier molecular flexibility index (Phi) is 7.43. The molecule has 3 amide bonds. The first kappa shape index (κ1) is 24.4. The molecule has 0 bridgehead atoms. The summed E-state index contributed by atoms with van der Waals surface area (Å²) in [5.74, 6) is 0.112. The monoisotopic (exact) mass is 461 g/mol. The zero-order valence-corrected chi connectivity index (χ0v) is 20.8. The molecule has 176 valence electrons.